The molecule has 5 heteroatoms. The number of hydrogen-bond donors (Lipinski definition) is 0. The summed E-state index contributed by atoms with van der Waals surface area (Å²) in [6.45, 7) is 8.75. The molecule has 0 spiro atoms. The average molecular weight is 311 g/mol. The van der Waals surface area contributed by atoms with Crippen LogP contribution in [0.15, 0.2) is 0 Å². The fraction of sp³-hybridized carbons (Fsp3) is 0.500. The van der Waals surface area contributed by atoms with Gasteiger partial charge in [0.25, 0.3) is 5.24 Å². The molecule has 1 aliphatic heterocycles. The van der Waals surface area contributed by atoms with Gasteiger partial charge >= 0.3 is 5.97 Å². The van der Waals surface area contributed by atoms with Crippen LogP contribution in [0.2, 0.25) is 0 Å². The van der Waals surface area contributed by atoms with E-state index in [0.29, 0.717) is 24.3 Å². The Kier molecular flexibility index (Phi) is 4.02. The fourth-order valence-electron chi connectivity index (χ4n) is 2.67. The minimum absolute atomic E-state index is 0.349. The highest BCUT2D eigenvalue weighted by Crippen LogP contribution is 2.44. The van der Waals surface area contributed by atoms with Gasteiger partial charge in [-0.05, 0) is 68.8 Å². The van der Waals surface area contributed by atoms with Crippen LogP contribution in [0.4, 0.5) is 0 Å². The Morgan fingerprint density at radius 2 is 1.81 bits per heavy atom. The number of hydrogen-bond acceptors (Lipinski definition) is 4. The summed E-state index contributed by atoms with van der Waals surface area (Å²) in [6.07, 6.45) is 1.16. The van der Waals surface area contributed by atoms with Gasteiger partial charge in [0.15, 0.2) is 5.60 Å². The Morgan fingerprint density at radius 3 is 2.33 bits per heavy atom. The Morgan fingerprint density at radius 1 is 1.19 bits per heavy atom. The van der Waals surface area contributed by atoms with Crippen LogP contribution in [0.5, 0.6) is 11.5 Å². The van der Waals surface area contributed by atoms with Crippen LogP contribution in [-0.2, 0) is 16.0 Å². The second-order valence-electron chi connectivity index (χ2n) is 5.71. The highest BCUT2D eigenvalue weighted by molar-refractivity contribution is 6.65. The second-order valence-corrected chi connectivity index (χ2v) is 6.06. The Balaban J connectivity index is 2.59. The summed E-state index contributed by atoms with van der Waals surface area (Å²) in [6, 6.07) is 0. The molecule has 1 atom stereocenters. The number of carbonyl (C=O) groups excluding carboxylic acids is 2. The van der Waals surface area contributed by atoms with Gasteiger partial charge in [0, 0.05) is 12.5 Å². The standard InChI is InChI=1S/C16H19ClO4/c1-8-9(2)14-12(10(3)13(8)20-11(4)18)6-7-16(5,21-14)15(17)19/h6-7H2,1-5H3/t16-/m0/s1. The molecule has 0 amide bonds. The molecule has 0 unspecified atom stereocenters. The van der Waals surface area contributed by atoms with Crippen molar-refractivity contribution in [2.75, 3.05) is 0 Å². The third kappa shape index (κ3) is 2.64. The highest BCUT2D eigenvalue weighted by atomic mass is 35.5. The molecule has 0 saturated heterocycles. The molecule has 1 aliphatic rings. The Bertz CT molecular complexity index is 636. The van der Waals surface area contributed by atoms with E-state index in [2.05, 4.69) is 0 Å². The van der Waals surface area contributed by atoms with Crippen LogP contribution >= 0.6 is 11.6 Å². The van der Waals surface area contributed by atoms with Crippen molar-refractivity contribution in [1.29, 1.82) is 0 Å². The number of rotatable bonds is 2. The van der Waals surface area contributed by atoms with E-state index >= 15 is 0 Å². The monoisotopic (exact) mass is 310 g/mol. The topological polar surface area (TPSA) is 52.6 Å². The van der Waals surface area contributed by atoms with Gasteiger partial charge < -0.3 is 9.47 Å². The van der Waals surface area contributed by atoms with Gasteiger partial charge in [-0.15, -0.1) is 0 Å². The molecule has 114 valence electrons. The van der Waals surface area contributed by atoms with Crippen molar-refractivity contribution in [2.24, 2.45) is 0 Å². The van der Waals surface area contributed by atoms with Crippen LogP contribution in [-0.4, -0.2) is 16.8 Å². The molecule has 0 aliphatic carbocycles. The van der Waals surface area contributed by atoms with E-state index in [1.54, 1.807) is 6.92 Å². The third-order valence-corrected chi connectivity index (χ3v) is 4.55. The largest absolute Gasteiger partial charge is 0.478 e. The van der Waals surface area contributed by atoms with Crippen LogP contribution in [0.3, 0.4) is 0 Å². The van der Waals surface area contributed by atoms with Crippen LogP contribution in [0.25, 0.3) is 0 Å². The van der Waals surface area contributed by atoms with E-state index in [-0.39, 0.29) is 5.97 Å². The summed E-state index contributed by atoms with van der Waals surface area (Å²) >= 11 is 5.66. The van der Waals surface area contributed by atoms with Gasteiger partial charge in [-0.25, -0.2) is 0 Å². The molecule has 0 radical (unpaired) electrons. The van der Waals surface area contributed by atoms with E-state index in [1.807, 2.05) is 20.8 Å². The van der Waals surface area contributed by atoms with E-state index in [1.165, 1.54) is 6.92 Å². The summed E-state index contributed by atoms with van der Waals surface area (Å²) < 4.78 is 11.2. The van der Waals surface area contributed by atoms with Crippen LogP contribution in [0, 0.1) is 20.8 Å². The molecule has 21 heavy (non-hydrogen) atoms. The lowest BCUT2D eigenvalue weighted by molar-refractivity contribution is -0.132. The number of fused-ring (bicyclic) bond motifs is 1. The van der Waals surface area contributed by atoms with Gasteiger partial charge in [-0.3, -0.25) is 9.59 Å². The van der Waals surface area contributed by atoms with Crippen molar-refractivity contribution in [3.63, 3.8) is 0 Å². The lowest BCUT2D eigenvalue weighted by atomic mass is 9.87. The summed E-state index contributed by atoms with van der Waals surface area (Å²) in [7, 11) is 0. The molecular weight excluding hydrogens is 292 g/mol. The zero-order valence-corrected chi connectivity index (χ0v) is 13.7. The molecule has 1 aromatic rings. The van der Waals surface area contributed by atoms with Crippen molar-refractivity contribution < 1.29 is 19.1 Å². The molecule has 0 bridgehead atoms. The smallest absolute Gasteiger partial charge is 0.308 e. The minimum Gasteiger partial charge on any atom is -0.478 e. The zero-order valence-electron chi connectivity index (χ0n) is 12.9. The van der Waals surface area contributed by atoms with Crippen LogP contribution in [0.1, 0.15) is 42.5 Å². The molecule has 1 aromatic carbocycles. The van der Waals surface area contributed by atoms with Crippen molar-refractivity contribution >= 4 is 22.8 Å². The van der Waals surface area contributed by atoms with E-state index in [4.69, 9.17) is 21.1 Å². The first-order chi connectivity index (χ1) is 9.67. The van der Waals surface area contributed by atoms with Gasteiger partial charge in [0.1, 0.15) is 11.5 Å². The molecule has 0 saturated carbocycles. The molecule has 0 aromatic heterocycles. The van der Waals surface area contributed by atoms with Gasteiger partial charge in [-0.2, -0.15) is 0 Å². The van der Waals surface area contributed by atoms with Gasteiger partial charge in [-0.1, -0.05) is 0 Å². The van der Waals surface area contributed by atoms with Crippen molar-refractivity contribution in [2.45, 2.75) is 53.1 Å². The SMILES string of the molecule is CC(=O)Oc1c(C)c(C)c2c(c1C)CC[C@@](C)(C(=O)Cl)O2. The third-order valence-electron chi connectivity index (χ3n) is 4.15. The van der Waals surface area contributed by atoms with E-state index in [0.717, 1.165) is 22.3 Å². The second kappa shape index (κ2) is 5.34. The zero-order chi connectivity index (χ0) is 15.9. The first-order valence-corrected chi connectivity index (χ1v) is 7.25. The molecule has 0 N–H and O–H groups in total. The fourth-order valence-corrected chi connectivity index (χ4v) is 2.80. The lowest BCUT2D eigenvalue weighted by Crippen LogP contribution is -2.42. The molecule has 2 rings (SSSR count). The molecule has 4 nitrogen and oxygen atoms in total. The number of carbonyl (C=O) groups is 2. The first kappa shape index (κ1) is 15.8. The summed E-state index contributed by atoms with van der Waals surface area (Å²) in [5, 5.41) is -0.494. The quantitative estimate of drug-likeness (QED) is 0.477. The molecular formula is C16H19ClO4. The summed E-state index contributed by atoms with van der Waals surface area (Å²) in [4.78, 5) is 22.9. The lowest BCUT2D eigenvalue weighted by Gasteiger charge is -2.35. The summed E-state index contributed by atoms with van der Waals surface area (Å²) in [5.74, 6) is 0.921. The van der Waals surface area contributed by atoms with Crippen LogP contribution < -0.4 is 9.47 Å². The Hall–Kier alpha value is -1.55. The predicted octanol–water partition coefficient (Wildman–Crippen LogP) is 3.39. The number of benzene rings is 1. The maximum absolute atomic E-state index is 11.6. The minimum atomic E-state index is -0.999. The first-order valence-electron chi connectivity index (χ1n) is 6.87. The van der Waals surface area contributed by atoms with Crippen molar-refractivity contribution in [3.8, 4) is 11.5 Å². The van der Waals surface area contributed by atoms with Crippen molar-refractivity contribution in [3.05, 3.63) is 22.3 Å². The predicted molar refractivity (Wildman–Crippen MR) is 80.2 cm³/mol. The molecule has 1 heterocycles. The highest BCUT2D eigenvalue weighted by Gasteiger charge is 2.39. The number of halogens is 1. The number of ether oxygens (including phenoxy) is 2. The van der Waals surface area contributed by atoms with Crippen molar-refractivity contribution in [1.82, 2.24) is 0 Å². The van der Waals surface area contributed by atoms with Gasteiger partial charge in [0.2, 0.25) is 0 Å². The van der Waals surface area contributed by atoms with E-state index < -0.39 is 10.8 Å². The average Bonchev–Trinajstić information content (AvgIpc) is 2.40. The number of esters is 1. The summed E-state index contributed by atoms with van der Waals surface area (Å²) in [5.41, 5.74) is 2.57. The molecule has 0 fully saturated rings. The van der Waals surface area contributed by atoms with E-state index in [9.17, 15) is 9.59 Å². The maximum Gasteiger partial charge on any atom is 0.308 e. The maximum atomic E-state index is 11.6. The van der Waals surface area contributed by atoms with Gasteiger partial charge in [0.05, 0.1) is 0 Å². The normalized spacial score (nSPS) is 20.5. The Labute approximate surface area is 129 Å².